The highest BCUT2D eigenvalue weighted by Gasteiger charge is 2.13. The van der Waals surface area contributed by atoms with E-state index in [9.17, 15) is 4.79 Å². The Kier molecular flexibility index (Phi) is 9.86. The Hall–Kier alpha value is -1.26. The first-order chi connectivity index (χ1) is 9.19. The van der Waals surface area contributed by atoms with Crippen molar-refractivity contribution >= 4 is 18.3 Å². The Morgan fingerprint density at radius 2 is 1.80 bits per heavy atom. The molecule has 0 aliphatic heterocycles. The Morgan fingerprint density at radius 3 is 2.30 bits per heavy atom. The summed E-state index contributed by atoms with van der Waals surface area (Å²) in [7, 11) is 0. The van der Waals surface area contributed by atoms with Crippen LogP contribution in [0.4, 0.5) is 0 Å². The summed E-state index contributed by atoms with van der Waals surface area (Å²) in [5, 5.41) is 2.91. The number of hydrogen-bond acceptors (Lipinski definition) is 3. The Morgan fingerprint density at radius 1 is 1.20 bits per heavy atom. The molecule has 5 heteroatoms. The minimum atomic E-state index is -0.273. The minimum Gasteiger partial charge on any atom is -0.471 e. The van der Waals surface area contributed by atoms with E-state index in [4.69, 9.17) is 4.74 Å². The third-order valence-electron chi connectivity index (χ3n) is 2.98. The molecular formula is C15H25ClN2O2. The molecule has 0 bridgehead atoms. The van der Waals surface area contributed by atoms with Crippen molar-refractivity contribution in [3.63, 3.8) is 0 Å². The van der Waals surface area contributed by atoms with Crippen LogP contribution in [0.5, 0.6) is 5.75 Å². The van der Waals surface area contributed by atoms with Crippen LogP contribution >= 0.6 is 12.4 Å². The van der Waals surface area contributed by atoms with E-state index in [1.54, 1.807) is 0 Å². The number of amides is 1. The SMILES string of the molecule is CCC(NC(=O)CN(CC)CC)Oc1ccccc1.Cl. The van der Waals surface area contributed by atoms with Crippen LogP contribution in [0, 0.1) is 0 Å². The van der Waals surface area contributed by atoms with Crippen LogP contribution in [0.1, 0.15) is 27.2 Å². The molecule has 0 radical (unpaired) electrons. The molecule has 0 aliphatic carbocycles. The summed E-state index contributed by atoms with van der Waals surface area (Å²) in [6.45, 7) is 8.26. The van der Waals surface area contributed by atoms with Crippen molar-refractivity contribution in [2.45, 2.75) is 33.4 Å². The fourth-order valence-corrected chi connectivity index (χ4v) is 1.75. The van der Waals surface area contributed by atoms with Gasteiger partial charge in [0.15, 0.2) is 6.23 Å². The van der Waals surface area contributed by atoms with Gasteiger partial charge in [-0.25, -0.2) is 0 Å². The Bertz CT molecular complexity index is 369. The minimum absolute atomic E-state index is 0. The molecule has 0 saturated carbocycles. The van der Waals surface area contributed by atoms with Crippen LogP contribution in [0.15, 0.2) is 30.3 Å². The first-order valence-corrected chi connectivity index (χ1v) is 6.93. The second-order valence-corrected chi connectivity index (χ2v) is 4.36. The summed E-state index contributed by atoms with van der Waals surface area (Å²) in [6, 6.07) is 9.55. The highest BCUT2D eigenvalue weighted by molar-refractivity contribution is 5.85. The van der Waals surface area contributed by atoms with Gasteiger partial charge in [0.05, 0.1) is 6.54 Å². The first kappa shape index (κ1) is 18.7. The van der Waals surface area contributed by atoms with E-state index in [1.165, 1.54) is 0 Å². The van der Waals surface area contributed by atoms with Crippen molar-refractivity contribution in [2.75, 3.05) is 19.6 Å². The van der Waals surface area contributed by atoms with E-state index in [0.29, 0.717) is 6.54 Å². The molecule has 1 rings (SSSR count). The summed E-state index contributed by atoms with van der Waals surface area (Å²) in [6.07, 6.45) is 0.462. The highest BCUT2D eigenvalue weighted by atomic mass is 35.5. The average Bonchev–Trinajstić information content (AvgIpc) is 2.45. The quantitative estimate of drug-likeness (QED) is 0.751. The molecular weight excluding hydrogens is 276 g/mol. The van der Waals surface area contributed by atoms with E-state index < -0.39 is 0 Å². The molecule has 1 atom stereocenters. The lowest BCUT2D eigenvalue weighted by atomic mass is 10.3. The fourth-order valence-electron chi connectivity index (χ4n) is 1.75. The Balaban J connectivity index is 0.00000361. The normalized spacial score (nSPS) is 11.6. The van der Waals surface area contributed by atoms with Gasteiger partial charge < -0.3 is 10.1 Å². The van der Waals surface area contributed by atoms with Crippen molar-refractivity contribution < 1.29 is 9.53 Å². The smallest absolute Gasteiger partial charge is 0.236 e. The van der Waals surface area contributed by atoms with Crippen molar-refractivity contribution in [1.29, 1.82) is 0 Å². The van der Waals surface area contributed by atoms with Gasteiger partial charge in [-0.3, -0.25) is 9.69 Å². The van der Waals surface area contributed by atoms with Gasteiger partial charge >= 0.3 is 0 Å². The third kappa shape index (κ3) is 6.78. The number of para-hydroxylation sites is 1. The molecule has 0 heterocycles. The molecule has 1 unspecified atom stereocenters. The average molecular weight is 301 g/mol. The molecule has 1 aromatic carbocycles. The first-order valence-electron chi connectivity index (χ1n) is 6.93. The summed E-state index contributed by atoms with van der Waals surface area (Å²) >= 11 is 0. The molecule has 0 spiro atoms. The van der Waals surface area contributed by atoms with E-state index >= 15 is 0 Å². The predicted molar refractivity (Wildman–Crippen MR) is 84.3 cm³/mol. The fraction of sp³-hybridized carbons (Fsp3) is 0.533. The molecule has 20 heavy (non-hydrogen) atoms. The van der Waals surface area contributed by atoms with Crippen LogP contribution in [-0.2, 0) is 4.79 Å². The van der Waals surface area contributed by atoms with Gasteiger partial charge in [0, 0.05) is 6.42 Å². The maximum Gasteiger partial charge on any atom is 0.236 e. The van der Waals surface area contributed by atoms with Crippen LogP contribution in [0.2, 0.25) is 0 Å². The number of rotatable bonds is 8. The number of hydrogen-bond donors (Lipinski definition) is 1. The van der Waals surface area contributed by atoms with Gasteiger partial charge in [-0.1, -0.05) is 39.0 Å². The molecule has 0 aliphatic rings. The molecule has 4 nitrogen and oxygen atoms in total. The molecule has 0 aromatic heterocycles. The van der Waals surface area contributed by atoms with Crippen molar-refractivity contribution in [2.24, 2.45) is 0 Å². The summed E-state index contributed by atoms with van der Waals surface area (Å²) in [4.78, 5) is 14.0. The highest BCUT2D eigenvalue weighted by Crippen LogP contribution is 2.11. The zero-order valence-corrected chi connectivity index (χ0v) is 13.3. The number of carbonyl (C=O) groups excluding carboxylic acids is 1. The zero-order chi connectivity index (χ0) is 14.1. The van der Waals surface area contributed by atoms with Crippen LogP contribution in [0.25, 0.3) is 0 Å². The second kappa shape index (κ2) is 10.5. The maximum atomic E-state index is 11.9. The van der Waals surface area contributed by atoms with E-state index in [-0.39, 0.29) is 24.5 Å². The summed E-state index contributed by atoms with van der Waals surface area (Å²) < 4.78 is 5.73. The van der Waals surface area contributed by atoms with Crippen LogP contribution in [-0.4, -0.2) is 36.7 Å². The largest absolute Gasteiger partial charge is 0.471 e. The summed E-state index contributed by atoms with van der Waals surface area (Å²) in [5.41, 5.74) is 0. The molecule has 1 amide bonds. The van der Waals surface area contributed by atoms with E-state index in [0.717, 1.165) is 25.3 Å². The number of benzene rings is 1. The van der Waals surface area contributed by atoms with Crippen molar-refractivity contribution in [3.05, 3.63) is 30.3 Å². The Labute approximate surface area is 127 Å². The van der Waals surface area contributed by atoms with Gasteiger partial charge in [0.1, 0.15) is 5.75 Å². The van der Waals surface area contributed by atoms with E-state index in [1.807, 2.05) is 37.3 Å². The second-order valence-electron chi connectivity index (χ2n) is 4.36. The van der Waals surface area contributed by atoms with Gasteiger partial charge in [-0.05, 0) is 25.2 Å². The summed E-state index contributed by atoms with van der Waals surface area (Å²) in [5.74, 6) is 0.781. The topological polar surface area (TPSA) is 41.6 Å². The van der Waals surface area contributed by atoms with Crippen LogP contribution in [0.3, 0.4) is 0 Å². The number of ether oxygens (including phenoxy) is 1. The van der Waals surface area contributed by atoms with Crippen LogP contribution < -0.4 is 10.1 Å². The van der Waals surface area contributed by atoms with Crippen molar-refractivity contribution in [1.82, 2.24) is 10.2 Å². The van der Waals surface area contributed by atoms with Gasteiger partial charge in [-0.2, -0.15) is 0 Å². The maximum absolute atomic E-state index is 11.9. The third-order valence-corrected chi connectivity index (χ3v) is 2.98. The monoisotopic (exact) mass is 300 g/mol. The lowest BCUT2D eigenvalue weighted by molar-refractivity contribution is -0.124. The van der Waals surface area contributed by atoms with E-state index in [2.05, 4.69) is 24.1 Å². The number of nitrogens with one attached hydrogen (secondary N) is 1. The van der Waals surface area contributed by atoms with Gasteiger partial charge in [-0.15, -0.1) is 12.4 Å². The molecule has 1 N–H and O–H groups in total. The molecule has 0 saturated heterocycles. The van der Waals surface area contributed by atoms with Crippen molar-refractivity contribution in [3.8, 4) is 5.75 Å². The van der Waals surface area contributed by atoms with Gasteiger partial charge in [0.2, 0.25) is 5.91 Å². The lowest BCUT2D eigenvalue weighted by Gasteiger charge is -2.22. The number of carbonyl (C=O) groups is 1. The number of halogens is 1. The standard InChI is InChI=1S/C15H24N2O2.ClH/c1-4-15(19-13-10-8-7-9-11-13)16-14(18)12-17(5-2)6-3;/h7-11,15H,4-6,12H2,1-3H3,(H,16,18);1H. The number of likely N-dealkylation sites (N-methyl/N-ethyl adjacent to an activating group) is 1. The molecule has 0 fully saturated rings. The molecule has 114 valence electrons. The van der Waals surface area contributed by atoms with Gasteiger partial charge in [0.25, 0.3) is 0 Å². The lowest BCUT2D eigenvalue weighted by Crippen LogP contribution is -2.44. The predicted octanol–water partition coefficient (Wildman–Crippen LogP) is 2.68. The number of nitrogens with zero attached hydrogens (tertiary/aromatic N) is 1. The zero-order valence-electron chi connectivity index (χ0n) is 12.5. The molecule has 1 aromatic rings.